The van der Waals surface area contributed by atoms with Crippen LogP contribution >= 0.6 is 12.2 Å². The maximum absolute atomic E-state index is 5.67. The van der Waals surface area contributed by atoms with Crippen LogP contribution < -0.4 is 10.5 Å². The van der Waals surface area contributed by atoms with E-state index in [-0.39, 0.29) is 0 Å². The van der Waals surface area contributed by atoms with Crippen LogP contribution in [0.5, 0.6) is 5.75 Å². The molecule has 1 aromatic carbocycles. The first-order chi connectivity index (χ1) is 10.3. The molecule has 0 heterocycles. The lowest BCUT2D eigenvalue weighted by Crippen LogP contribution is -2.13. The zero-order valence-corrected chi connectivity index (χ0v) is 13.8. The molecule has 0 unspecified atom stereocenters. The van der Waals surface area contributed by atoms with Gasteiger partial charge in [0.1, 0.15) is 17.3 Å². The van der Waals surface area contributed by atoms with Gasteiger partial charge in [0.05, 0.1) is 12.2 Å². The summed E-state index contributed by atoms with van der Waals surface area (Å²) in [6.45, 7) is 4.17. The lowest BCUT2D eigenvalue weighted by Gasteiger charge is -2.10. The standard InChI is InChI=1S/C17H27NO2S/c1-2-3-4-5-6-9-12-19-13-14-20-16-11-8-7-10-15(16)17(18)21/h7-8,10-11H,2-6,9,12-14H2,1H3,(H2,18,21). The van der Waals surface area contributed by atoms with Crippen LogP contribution in [0.2, 0.25) is 0 Å². The quantitative estimate of drug-likeness (QED) is 0.467. The van der Waals surface area contributed by atoms with Crippen molar-refractivity contribution in [3.63, 3.8) is 0 Å². The summed E-state index contributed by atoms with van der Waals surface area (Å²) < 4.78 is 11.2. The average molecular weight is 309 g/mol. The number of rotatable bonds is 12. The number of hydrogen-bond acceptors (Lipinski definition) is 3. The minimum atomic E-state index is 0.360. The summed E-state index contributed by atoms with van der Waals surface area (Å²) in [5, 5.41) is 0. The van der Waals surface area contributed by atoms with Gasteiger partial charge < -0.3 is 15.2 Å². The largest absolute Gasteiger partial charge is 0.490 e. The molecule has 0 bridgehead atoms. The number of unbranched alkanes of at least 4 members (excludes halogenated alkanes) is 5. The summed E-state index contributed by atoms with van der Waals surface area (Å²) >= 11 is 5.00. The molecule has 21 heavy (non-hydrogen) atoms. The second-order valence-electron chi connectivity index (χ2n) is 5.09. The van der Waals surface area contributed by atoms with Crippen molar-refractivity contribution in [1.29, 1.82) is 0 Å². The number of ether oxygens (including phenoxy) is 2. The highest BCUT2D eigenvalue weighted by molar-refractivity contribution is 7.80. The van der Waals surface area contributed by atoms with Crippen LogP contribution in [-0.4, -0.2) is 24.8 Å². The Morgan fingerprint density at radius 3 is 2.48 bits per heavy atom. The van der Waals surface area contributed by atoms with Crippen molar-refractivity contribution >= 4 is 17.2 Å². The summed E-state index contributed by atoms with van der Waals surface area (Å²) in [4.78, 5) is 0.360. The molecule has 4 heteroatoms. The predicted molar refractivity (Wildman–Crippen MR) is 92.0 cm³/mol. The maximum atomic E-state index is 5.67. The van der Waals surface area contributed by atoms with Crippen LogP contribution in [0.4, 0.5) is 0 Å². The van der Waals surface area contributed by atoms with Crippen LogP contribution in [0, 0.1) is 0 Å². The molecule has 0 amide bonds. The van der Waals surface area contributed by atoms with E-state index in [9.17, 15) is 0 Å². The lowest BCUT2D eigenvalue weighted by atomic mass is 10.1. The van der Waals surface area contributed by atoms with Gasteiger partial charge in [0.15, 0.2) is 0 Å². The molecule has 0 spiro atoms. The molecule has 0 aliphatic rings. The van der Waals surface area contributed by atoms with E-state index in [1.165, 1.54) is 32.1 Å². The Kier molecular flexibility index (Phi) is 9.83. The van der Waals surface area contributed by atoms with Gasteiger partial charge in [-0.05, 0) is 18.6 Å². The minimum absolute atomic E-state index is 0.360. The Morgan fingerprint density at radius 2 is 1.71 bits per heavy atom. The molecule has 0 saturated heterocycles. The second-order valence-corrected chi connectivity index (χ2v) is 5.53. The molecular weight excluding hydrogens is 282 g/mol. The monoisotopic (exact) mass is 309 g/mol. The summed E-state index contributed by atoms with van der Waals surface area (Å²) in [7, 11) is 0. The molecule has 118 valence electrons. The average Bonchev–Trinajstić information content (AvgIpc) is 2.49. The zero-order chi connectivity index (χ0) is 15.3. The van der Waals surface area contributed by atoms with Crippen molar-refractivity contribution in [3.05, 3.63) is 29.8 Å². The highest BCUT2D eigenvalue weighted by Gasteiger charge is 2.04. The summed E-state index contributed by atoms with van der Waals surface area (Å²) in [6, 6.07) is 7.56. The van der Waals surface area contributed by atoms with Crippen molar-refractivity contribution in [3.8, 4) is 5.75 Å². The smallest absolute Gasteiger partial charge is 0.129 e. The number of hydrogen-bond donors (Lipinski definition) is 1. The third-order valence-electron chi connectivity index (χ3n) is 3.28. The first-order valence-electron chi connectivity index (χ1n) is 7.85. The van der Waals surface area contributed by atoms with E-state index < -0.39 is 0 Å². The zero-order valence-electron chi connectivity index (χ0n) is 13.0. The van der Waals surface area contributed by atoms with E-state index >= 15 is 0 Å². The second kappa shape index (κ2) is 11.5. The number of nitrogens with two attached hydrogens (primary N) is 1. The molecule has 2 N–H and O–H groups in total. The van der Waals surface area contributed by atoms with Gasteiger partial charge >= 0.3 is 0 Å². The van der Waals surface area contributed by atoms with Crippen molar-refractivity contribution in [1.82, 2.24) is 0 Å². The van der Waals surface area contributed by atoms with Crippen LogP contribution in [0.15, 0.2) is 24.3 Å². The van der Waals surface area contributed by atoms with Gasteiger partial charge in [-0.2, -0.15) is 0 Å². The summed E-state index contributed by atoms with van der Waals surface area (Å²) in [5.41, 5.74) is 6.44. The van der Waals surface area contributed by atoms with Gasteiger partial charge in [-0.3, -0.25) is 0 Å². The number of para-hydroxylation sites is 1. The Bertz CT molecular complexity index is 410. The van der Waals surface area contributed by atoms with Gasteiger partial charge in [0.25, 0.3) is 0 Å². The molecule has 0 aliphatic carbocycles. The van der Waals surface area contributed by atoms with Crippen molar-refractivity contribution in [2.24, 2.45) is 5.73 Å². The molecule has 0 fully saturated rings. The van der Waals surface area contributed by atoms with E-state index in [0.717, 1.165) is 24.3 Å². The van der Waals surface area contributed by atoms with Gasteiger partial charge in [-0.1, -0.05) is 63.4 Å². The molecule has 0 radical (unpaired) electrons. The van der Waals surface area contributed by atoms with Crippen molar-refractivity contribution in [2.75, 3.05) is 19.8 Å². The molecule has 0 aliphatic heterocycles. The van der Waals surface area contributed by atoms with E-state index in [0.29, 0.717) is 18.2 Å². The number of benzene rings is 1. The molecule has 0 atom stereocenters. The highest BCUT2D eigenvalue weighted by atomic mass is 32.1. The van der Waals surface area contributed by atoms with E-state index in [4.69, 9.17) is 27.4 Å². The van der Waals surface area contributed by atoms with E-state index in [1.54, 1.807) is 0 Å². The molecule has 0 saturated carbocycles. The Hall–Kier alpha value is -1.13. The van der Waals surface area contributed by atoms with E-state index in [1.807, 2.05) is 24.3 Å². The first kappa shape index (κ1) is 17.9. The third kappa shape index (κ3) is 8.02. The van der Waals surface area contributed by atoms with Crippen LogP contribution in [0.25, 0.3) is 0 Å². The van der Waals surface area contributed by atoms with Gasteiger partial charge in [0, 0.05) is 6.61 Å². The van der Waals surface area contributed by atoms with Gasteiger partial charge in [0.2, 0.25) is 0 Å². The third-order valence-corrected chi connectivity index (χ3v) is 3.50. The van der Waals surface area contributed by atoms with Gasteiger partial charge in [-0.25, -0.2) is 0 Å². The van der Waals surface area contributed by atoms with E-state index in [2.05, 4.69) is 6.92 Å². The summed E-state index contributed by atoms with van der Waals surface area (Å²) in [5.74, 6) is 0.730. The van der Waals surface area contributed by atoms with Gasteiger partial charge in [-0.15, -0.1) is 0 Å². The lowest BCUT2D eigenvalue weighted by molar-refractivity contribution is 0.0970. The molecular formula is C17H27NO2S. The van der Waals surface area contributed by atoms with Crippen LogP contribution in [-0.2, 0) is 4.74 Å². The number of thiocarbonyl (C=S) groups is 1. The van der Waals surface area contributed by atoms with Crippen LogP contribution in [0.3, 0.4) is 0 Å². The summed E-state index contributed by atoms with van der Waals surface area (Å²) in [6.07, 6.45) is 7.68. The Morgan fingerprint density at radius 1 is 1.00 bits per heavy atom. The molecule has 0 aromatic heterocycles. The van der Waals surface area contributed by atoms with Crippen molar-refractivity contribution in [2.45, 2.75) is 45.4 Å². The minimum Gasteiger partial charge on any atom is -0.490 e. The van der Waals surface area contributed by atoms with Crippen molar-refractivity contribution < 1.29 is 9.47 Å². The fourth-order valence-electron chi connectivity index (χ4n) is 2.09. The fourth-order valence-corrected chi connectivity index (χ4v) is 2.26. The Labute approximate surface area is 133 Å². The topological polar surface area (TPSA) is 44.5 Å². The fraction of sp³-hybridized carbons (Fsp3) is 0.588. The Balaban J connectivity index is 2.06. The predicted octanol–water partition coefficient (Wildman–Crippen LogP) is 4.08. The van der Waals surface area contributed by atoms with Crippen LogP contribution in [0.1, 0.15) is 51.0 Å². The first-order valence-corrected chi connectivity index (χ1v) is 8.26. The molecule has 1 rings (SSSR count). The highest BCUT2D eigenvalue weighted by Crippen LogP contribution is 2.17. The SMILES string of the molecule is CCCCCCCCOCCOc1ccccc1C(N)=S. The normalized spacial score (nSPS) is 10.5. The molecule has 3 nitrogen and oxygen atoms in total. The molecule has 1 aromatic rings. The maximum Gasteiger partial charge on any atom is 0.129 e.